The van der Waals surface area contributed by atoms with Crippen LogP contribution in [0.1, 0.15) is 28.4 Å². The molecule has 3 aromatic rings. The summed E-state index contributed by atoms with van der Waals surface area (Å²) in [5.41, 5.74) is 1.33. The minimum absolute atomic E-state index is 0.0560. The number of rotatable bonds is 5. The molecule has 1 aliphatic rings. The first-order valence-electron chi connectivity index (χ1n) is 9.34. The molecule has 2 N–H and O–H groups in total. The van der Waals surface area contributed by atoms with Crippen molar-refractivity contribution in [3.05, 3.63) is 88.9 Å². The number of halogens is 1. The van der Waals surface area contributed by atoms with E-state index in [0.717, 1.165) is 11.3 Å². The lowest BCUT2D eigenvalue weighted by Crippen LogP contribution is -2.32. The number of anilines is 1. The third kappa shape index (κ3) is 4.27. The topological polar surface area (TPSA) is 84.5 Å². The highest BCUT2D eigenvalue weighted by molar-refractivity contribution is 7.92. The molecule has 0 spiro atoms. The molecule has 8 heteroatoms. The van der Waals surface area contributed by atoms with Gasteiger partial charge in [0.05, 0.1) is 28.8 Å². The van der Waals surface area contributed by atoms with Crippen LogP contribution in [-0.4, -0.2) is 20.9 Å². The van der Waals surface area contributed by atoms with Crippen molar-refractivity contribution in [2.24, 2.45) is 0 Å². The molecule has 0 fully saturated rings. The number of hydrogen-bond acceptors (Lipinski definition) is 4. The van der Waals surface area contributed by atoms with Gasteiger partial charge in [0.1, 0.15) is 5.75 Å². The molecule has 1 amide bonds. The summed E-state index contributed by atoms with van der Waals surface area (Å²) >= 11 is 5.84. The van der Waals surface area contributed by atoms with Gasteiger partial charge in [-0.3, -0.25) is 9.52 Å². The standard InChI is InChI=1S/C22H19ClN2O4S/c23-15-9-11-16(12-10-15)30(27,28)25-20-7-3-1-6-18(20)22(26)24-19-13-14-29-21-8-4-2-5-17(19)21/h1-12,19,25H,13-14H2,(H,24,26). The molecule has 0 aromatic heterocycles. The zero-order valence-corrected chi connectivity index (χ0v) is 17.4. The number of benzene rings is 3. The van der Waals surface area contributed by atoms with E-state index in [4.69, 9.17) is 16.3 Å². The summed E-state index contributed by atoms with van der Waals surface area (Å²) in [6.07, 6.45) is 0.626. The number of hydrogen-bond donors (Lipinski definition) is 2. The lowest BCUT2D eigenvalue weighted by molar-refractivity contribution is 0.0925. The minimum Gasteiger partial charge on any atom is -0.493 e. The van der Waals surface area contributed by atoms with Crippen molar-refractivity contribution in [2.75, 3.05) is 11.3 Å². The van der Waals surface area contributed by atoms with Gasteiger partial charge in [-0.25, -0.2) is 8.42 Å². The average Bonchev–Trinajstić information content (AvgIpc) is 2.74. The number of amides is 1. The van der Waals surface area contributed by atoms with Crippen molar-refractivity contribution in [3.8, 4) is 5.75 Å². The predicted molar refractivity (Wildman–Crippen MR) is 115 cm³/mol. The molecule has 1 aliphatic heterocycles. The Hall–Kier alpha value is -3.03. The summed E-state index contributed by atoms with van der Waals surface area (Å²) in [4.78, 5) is 13.1. The van der Waals surface area contributed by atoms with Crippen molar-refractivity contribution in [1.82, 2.24) is 5.32 Å². The molecule has 6 nitrogen and oxygen atoms in total. The molecule has 0 saturated heterocycles. The second kappa shape index (κ2) is 8.38. The van der Waals surface area contributed by atoms with Gasteiger partial charge in [0.15, 0.2) is 0 Å². The Kier molecular flexibility index (Phi) is 5.65. The van der Waals surface area contributed by atoms with Crippen LogP contribution in [0.3, 0.4) is 0 Å². The van der Waals surface area contributed by atoms with Crippen LogP contribution < -0.4 is 14.8 Å². The highest BCUT2D eigenvalue weighted by Gasteiger charge is 2.25. The SMILES string of the molecule is O=C(NC1CCOc2ccccc21)c1ccccc1NS(=O)(=O)c1ccc(Cl)cc1. The number of para-hydroxylation sites is 2. The number of ether oxygens (including phenoxy) is 1. The summed E-state index contributed by atoms with van der Waals surface area (Å²) in [6, 6.07) is 19.6. The fraction of sp³-hybridized carbons (Fsp3) is 0.136. The Balaban J connectivity index is 1.58. The van der Waals surface area contributed by atoms with Gasteiger partial charge in [0.25, 0.3) is 15.9 Å². The van der Waals surface area contributed by atoms with Gasteiger partial charge in [-0.1, -0.05) is 41.9 Å². The van der Waals surface area contributed by atoms with Crippen LogP contribution in [0.4, 0.5) is 5.69 Å². The van der Waals surface area contributed by atoms with E-state index in [0.29, 0.717) is 18.1 Å². The monoisotopic (exact) mass is 442 g/mol. The molecule has 4 rings (SSSR count). The maximum absolute atomic E-state index is 13.0. The maximum Gasteiger partial charge on any atom is 0.261 e. The second-order valence-electron chi connectivity index (χ2n) is 6.81. The van der Waals surface area contributed by atoms with Crippen LogP contribution in [0, 0.1) is 0 Å². The van der Waals surface area contributed by atoms with Gasteiger partial charge in [-0.2, -0.15) is 0 Å². The predicted octanol–water partition coefficient (Wildman–Crippen LogP) is 4.39. The molecular formula is C22H19ClN2O4S. The van der Waals surface area contributed by atoms with E-state index in [-0.39, 0.29) is 28.1 Å². The molecule has 3 aromatic carbocycles. The number of carbonyl (C=O) groups is 1. The third-order valence-electron chi connectivity index (χ3n) is 4.80. The fourth-order valence-electron chi connectivity index (χ4n) is 3.32. The van der Waals surface area contributed by atoms with Crippen LogP contribution in [-0.2, 0) is 10.0 Å². The lowest BCUT2D eigenvalue weighted by atomic mass is 10.00. The first-order chi connectivity index (χ1) is 14.4. The van der Waals surface area contributed by atoms with Crippen LogP contribution in [0.15, 0.2) is 77.7 Å². The zero-order chi connectivity index (χ0) is 21.1. The second-order valence-corrected chi connectivity index (χ2v) is 8.92. The molecule has 0 saturated carbocycles. The number of sulfonamides is 1. The first kappa shape index (κ1) is 20.3. The van der Waals surface area contributed by atoms with E-state index < -0.39 is 10.0 Å². The minimum atomic E-state index is -3.88. The molecule has 154 valence electrons. The Morgan fingerprint density at radius 2 is 1.67 bits per heavy atom. The Morgan fingerprint density at radius 3 is 2.47 bits per heavy atom. The summed E-state index contributed by atoms with van der Waals surface area (Å²) in [7, 11) is -3.88. The van der Waals surface area contributed by atoms with Crippen molar-refractivity contribution in [1.29, 1.82) is 0 Å². The Morgan fingerprint density at radius 1 is 0.967 bits per heavy atom. The van der Waals surface area contributed by atoms with E-state index in [1.165, 1.54) is 24.3 Å². The first-order valence-corrected chi connectivity index (χ1v) is 11.2. The highest BCUT2D eigenvalue weighted by Crippen LogP contribution is 2.32. The smallest absolute Gasteiger partial charge is 0.261 e. The molecule has 0 aliphatic carbocycles. The normalized spacial score (nSPS) is 15.6. The quantitative estimate of drug-likeness (QED) is 0.613. The van der Waals surface area contributed by atoms with Gasteiger partial charge in [0.2, 0.25) is 0 Å². The van der Waals surface area contributed by atoms with E-state index in [1.807, 2.05) is 24.3 Å². The molecule has 0 bridgehead atoms. The van der Waals surface area contributed by atoms with Gasteiger partial charge in [-0.15, -0.1) is 0 Å². The molecule has 30 heavy (non-hydrogen) atoms. The van der Waals surface area contributed by atoms with Gasteiger partial charge < -0.3 is 10.1 Å². The van der Waals surface area contributed by atoms with E-state index in [9.17, 15) is 13.2 Å². The van der Waals surface area contributed by atoms with Crippen LogP contribution in [0.2, 0.25) is 5.02 Å². The maximum atomic E-state index is 13.0. The molecule has 1 heterocycles. The van der Waals surface area contributed by atoms with Gasteiger partial charge in [0, 0.05) is 17.0 Å². The van der Waals surface area contributed by atoms with E-state index >= 15 is 0 Å². The van der Waals surface area contributed by atoms with Gasteiger partial charge >= 0.3 is 0 Å². The van der Waals surface area contributed by atoms with E-state index in [1.54, 1.807) is 24.3 Å². The molecule has 1 atom stereocenters. The van der Waals surface area contributed by atoms with Crippen molar-refractivity contribution in [3.63, 3.8) is 0 Å². The molecule has 0 radical (unpaired) electrons. The number of carbonyl (C=O) groups excluding carboxylic acids is 1. The lowest BCUT2D eigenvalue weighted by Gasteiger charge is -2.27. The van der Waals surface area contributed by atoms with Crippen molar-refractivity contribution < 1.29 is 17.9 Å². The van der Waals surface area contributed by atoms with Gasteiger partial charge in [-0.05, 0) is 42.5 Å². The average molecular weight is 443 g/mol. The fourth-order valence-corrected chi connectivity index (χ4v) is 4.52. The summed E-state index contributed by atoms with van der Waals surface area (Å²) < 4.78 is 33.6. The van der Waals surface area contributed by atoms with Crippen LogP contribution >= 0.6 is 11.6 Å². The largest absolute Gasteiger partial charge is 0.493 e. The number of fused-ring (bicyclic) bond motifs is 1. The van der Waals surface area contributed by atoms with Crippen LogP contribution in [0.5, 0.6) is 5.75 Å². The summed E-state index contributed by atoms with van der Waals surface area (Å²) in [5.74, 6) is 0.372. The Labute approximate surface area is 179 Å². The van der Waals surface area contributed by atoms with Crippen molar-refractivity contribution >= 4 is 33.2 Å². The highest BCUT2D eigenvalue weighted by atomic mass is 35.5. The zero-order valence-electron chi connectivity index (χ0n) is 15.8. The van der Waals surface area contributed by atoms with E-state index in [2.05, 4.69) is 10.0 Å². The number of nitrogens with one attached hydrogen (secondary N) is 2. The summed E-state index contributed by atoms with van der Waals surface area (Å²) in [6.45, 7) is 0.493. The third-order valence-corrected chi connectivity index (χ3v) is 6.44. The summed E-state index contributed by atoms with van der Waals surface area (Å²) in [5, 5.41) is 3.43. The van der Waals surface area contributed by atoms with Crippen LogP contribution in [0.25, 0.3) is 0 Å². The molecular weight excluding hydrogens is 424 g/mol. The molecule has 1 unspecified atom stereocenters. The Bertz CT molecular complexity index is 1180. The van der Waals surface area contributed by atoms with Crippen molar-refractivity contribution in [2.45, 2.75) is 17.4 Å².